The normalized spacial score (nSPS) is 11.3. The number of hydrogen-bond acceptors (Lipinski definition) is 4. The summed E-state index contributed by atoms with van der Waals surface area (Å²) in [6, 6.07) is 35.8. The van der Waals surface area contributed by atoms with E-state index >= 15 is 0 Å². The molecule has 168 valence electrons. The maximum atomic E-state index is 5.01. The van der Waals surface area contributed by atoms with Crippen LogP contribution in [0.3, 0.4) is 0 Å². The molecule has 3 heterocycles. The molecule has 0 fully saturated rings. The van der Waals surface area contributed by atoms with Crippen LogP contribution in [0.2, 0.25) is 0 Å². The molecule has 0 amide bonds. The van der Waals surface area contributed by atoms with E-state index in [1.54, 1.807) is 12.4 Å². The summed E-state index contributed by atoms with van der Waals surface area (Å²) in [6.45, 7) is 0. The van der Waals surface area contributed by atoms with Crippen LogP contribution in [-0.2, 0) is 0 Å². The van der Waals surface area contributed by atoms with E-state index in [1.165, 1.54) is 16.3 Å². The first-order valence-corrected chi connectivity index (χ1v) is 11.9. The minimum Gasteiger partial charge on any atom is -0.254 e. The second kappa shape index (κ2) is 8.36. The Morgan fingerprint density at radius 3 is 1.78 bits per heavy atom. The fourth-order valence-electron chi connectivity index (χ4n) is 4.73. The highest BCUT2D eigenvalue weighted by molar-refractivity contribution is 6.03. The Morgan fingerprint density at radius 2 is 0.972 bits per heavy atom. The summed E-state index contributed by atoms with van der Waals surface area (Å²) in [4.78, 5) is 18.3. The third-order valence-corrected chi connectivity index (χ3v) is 6.61. The Balaban J connectivity index is 1.24. The lowest BCUT2D eigenvalue weighted by Gasteiger charge is -2.09. The third-order valence-electron chi connectivity index (χ3n) is 6.61. The first-order valence-electron chi connectivity index (χ1n) is 11.9. The summed E-state index contributed by atoms with van der Waals surface area (Å²) >= 11 is 0. The Labute approximate surface area is 208 Å². The van der Waals surface area contributed by atoms with Gasteiger partial charge in [-0.2, -0.15) is 0 Å². The zero-order valence-corrected chi connectivity index (χ0v) is 19.3. The van der Waals surface area contributed by atoms with E-state index in [0.29, 0.717) is 0 Å². The number of pyridine rings is 2. The Bertz CT molecular complexity index is 1880. The largest absolute Gasteiger partial charge is 0.254 e. The highest BCUT2D eigenvalue weighted by Gasteiger charge is 2.08. The summed E-state index contributed by atoms with van der Waals surface area (Å²) in [7, 11) is 0. The van der Waals surface area contributed by atoms with E-state index in [1.807, 2.05) is 18.3 Å². The van der Waals surface area contributed by atoms with Crippen LogP contribution in [0.1, 0.15) is 0 Å². The summed E-state index contributed by atoms with van der Waals surface area (Å²) in [5.41, 5.74) is 7.27. The van der Waals surface area contributed by atoms with E-state index in [4.69, 9.17) is 4.98 Å². The van der Waals surface area contributed by atoms with Gasteiger partial charge in [-0.1, -0.05) is 72.8 Å². The van der Waals surface area contributed by atoms with Crippen LogP contribution in [-0.4, -0.2) is 19.9 Å². The number of nitrogens with zero attached hydrogens (tertiary/aromatic N) is 4. The molecule has 36 heavy (non-hydrogen) atoms. The Morgan fingerprint density at radius 1 is 0.389 bits per heavy atom. The van der Waals surface area contributed by atoms with Gasteiger partial charge in [0.1, 0.15) is 0 Å². The Hall–Kier alpha value is -4.96. The van der Waals surface area contributed by atoms with Gasteiger partial charge in [-0.15, -0.1) is 0 Å². The Kier molecular flexibility index (Phi) is 4.74. The van der Waals surface area contributed by atoms with Gasteiger partial charge in [0.2, 0.25) is 0 Å². The fourth-order valence-corrected chi connectivity index (χ4v) is 4.73. The molecule has 0 aliphatic heterocycles. The molecule has 7 aromatic rings. The SMILES string of the molecule is c1cnc(-c2ccc(-c3ccc4cc(-c5ccc6ccc7cccnc7c6n5)ccc4c3)cc2)nc1. The van der Waals surface area contributed by atoms with Crippen LogP contribution >= 0.6 is 0 Å². The second-order valence-corrected chi connectivity index (χ2v) is 8.84. The van der Waals surface area contributed by atoms with Crippen LogP contribution < -0.4 is 0 Å². The van der Waals surface area contributed by atoms with Crippen molar-refractivity contribution in [1.29, 1.82) is 0 Å². The van der Waals surface area contributed by atoms with Gasteiger partial charge in [-0.05, 0) is 52.2 Å². The zero-order chi connectivity index (χ0) is 23.9. The standard InChI is InChI=1S/C32H20N4/c1-3-22-6-7-23-14-15-29(36-31(23)30(22)33-16-1)28-13-12-26-19-25(10-11-27(26)20-28)21-4-8-24(9-5-21)32-34-17-2-18-35-32/h1-20H. The molecule has 0 saturated heterocycles. The topological polar surface area (TPSA) is 51.6 Å². The minimum absolute atomic E-state index is 0.737. The van der Waals surface area contributed by atoms with Gasteiger partial charge in [-0.3, -0.25) is 4.98 Å². The second-order valence-electron chi connectivity index (χ2n) is 8.84. The molecule has 0 spiro atoms. The van der Waals surface area contributed by atoms with Crippen LogP contribution in [0.15, 0.2) is 122 Å². The summed E-state index contributed by atoms with van der Waals surface area (Å²) in [5.74, 6) is 0.737. The molecule has 4 aromatic carbocycles. The van der Waals surface area contributed by atoms with Crippen LogP contribution in [0.5, 0.6) is 0 Å². The molecule has 0 bridgehead atoms. The smallest absolute Gasteiger partial charge is 0.159 e. The minimum atomic E-state index is 0.737. The number of hydrogen-bond donors (Lipinski definition) is 0. The number of fused-ring (bicyclic) bond motifs is 4. The summed E-state index contributed by atoms with van der Waals surface area (Å²) in [5, 5.41) is 4.58. The van der Waals surface area contributed by atoms with E-state index in [-0.39, 0.29) is 0 Å². The van der Waals surface area contributed by atoms with Gasteiger partial charge in [0.15, 0.2) is 5.82 Å². The van der Waals surface area contributed by atoms with Gasteiger partial charge < -0.3 is 0 Å². The highest BCUT2D eigenvalue weighted by Crippen LogP contribution is 2.30. The van der Waals surface area contributed by atoms with Gasteiger partial charge in [0.05, 0.1) is 16.7 Å². The molecule has 0 atom stereocenters. The van der Waals surface area contributed by atoms with Crippen LogP contribution in [0.4, 0.5) is 0 Å². The van der Waals surface area contributed by atoms with E-state index in [0.717, 1.165) is 50.0 Å². The molecular weight excluding hydrogens is 440 g/mol. The molecule has 0 aliphatic rings. The van der Waals surface area contributed by atoms with Crippen LogP contribution in [0.25, 0.3) is 66.4 Å². The van der Waals surface area contributed by atoms with Crippen molar-refractivity contribution >= 4 is 32.6 Å². The van der Waals surface area contributed by atoms with Crippen molar-refractivity contribution in [2.75, 3.05) is 0 Å². The fraction of sp³-hybridized carbons (Fsp3) is 0. The molecule has 0 aliphatic carbocycles. The lowest BCUT2D eigenvalue weighted by molar-refractivity contribution is 1.18. The third kappa shape index (κ3) is 3.56. The summed E-state index contributed by atoms with van der Waals surface area (Å²) < 4.78 is 0. The van der Waals surface area contributed by atoms with Crippen LogP contribution in [0, 0.1) is 0 Å². The van der Waals surface area contributed by atoms with Gasteiger partial charge in [0, 0.05) is 40.5 Å². The van der Waals surface area contributed by atoms with Gasteiger partial charge in [0.25, 0.3) is 0 Å². The molecule has 0 saturated carbocycles. The van der Waals surface area contributed by atoms with Crippen molar-refractivity contribution in [3.8, 4) is 33.8 Å². The summed E-state index contributed by atoms with van der Waals surface area (Å²) in [6.07, 6.45) is 5.35. The maximum absolute atomic E-state index is 5.01. The lowest BCUT2D eigenvalue weighted by atomic mass is 9.98. The molecule has 4 nitrogen and oxygen atoms in total. The van der Waals surface area contributed by atoms with Gasteiger partial charge in [-0.25, -0.2) is 15.0 Å². The first-order chi connectivity index (χ1) is 17.8. The molecule has 0 N–H and O–H groups in total. The first kappa shape index (κ1) is 20.4. The number of aromatic nitrogens is 4. The quantitative estimate of drug-likeness (QED) is 0.253. The van der Waals surface area contributed by atoms with Crippen molar-refractivity contribution in [1.82, 2.24) is 19.9 Å². The zero-order valence-electron chi connectivity index (χ0n) is 19.3. The predicted octanol–water partition coefficient (Wildman–Crippen LogP) is 7.73. The van der Waals surface area contributed by atoms with Gasteiger partial charge >= 0.3 is 0 Å². The van der Waals surface area contributed by atoms with E-state index in [2.05, 4.69) is 106 Å². The molecule has 3 aromatic heterocycles. The predicted molar refractivity (Wildman–Crippen MR) is 146 cm³/mol. The lowest BCUT2D eigenvalue weighted by Crippen LogP contribution is -1.89. The van der Waals surface area contributed by atoms with Crippen molar-refractivity contribution < 1.29 is 0 Å². The molecule has 7 rings (SSSR count). The van der Waals surface area contributed by atoms with Crippen molar-refractivity contribution in [3.63, 3.8) is 0 Å². The highest BCUT2D eigenvalue weighted by atomic mass is 14.8. The average Bonchev–Trinajstić information content (AvgIpc) is 2.97. The van der Waals surface area contributed by atoms with Crippen molar-refractivity contribution in [2.24, 2.45) is 0 Å². The average molecular weight is 461 g/mol. The molecular formula is C32H20N4. The molecule has 0 radical (unpaired) electrons. The monoisotopic (exact) mass is 460 g/mol. The number of benzene rings is 4. The molecule has 4 heteroatoms. The van der Waals surface area contributed by atoms with Crippen molar-refractivity contribution in [3.05, 3.63) is 122 Å². The molecule has 0 unspecified atom stereocenters. The maximum Gasteiger partial charge on any atom is 0.159 e. The number of rotatable bonds is 3. The van der Waals surface area contributed by atoms with E-state index in [9.17, 15) is 0 Å². The van der Waals surface area contributed by atoms with E-state index < -0.39 is 0 Å². The van der Waals surface area contributed by atoms with Crippen molar-refractivity contribution in [2.45, 2.75) is 0 Å².